The fourth-order valence-electron chi connectivity index (χ4n) is 1.83. The average molecular weight is 257 g/mol. The van der Waals surface area contributed by atoms with Gasteiger partial charge in [-0.25, -0.2) is 0 Å². The number of rotatable bonds is 3. The molecule has 0 bridgehead atoms. The van der Waals surface area contributed by atoms with Gasteiger partial charge in [-0.15, -0.1) is 0 Å². The fraction of sp³-hybridized carbons (Fsp3) is 0.133. The van der Waals surface area contributed by atoms with E-state index < -0.39 is 5.91 Å². The lowest BCUT2D eigenvalue weighted by atomic mass is 10.1. The zero-order valence-corrected chi connectivity index (χ0v) is 10.6. The molecule has 4 nitrogen and oxygen atoms in total. The maximum Gasteiger partial charge on any atom is 0.259 e. The third kappa shape index (κ3) is 2.85. The van der Waals surface area contributed by atoms with E-state index in [1.165, 1.54) is 18.2 Å². The number of hydrogen-bond acceptors (Lipinski definition) is 3. The Kier molecular flexibility index (Phi) is 3.71. The molecule has 0 aliphatic rings. The zero-order valence-electron chi connectivity index (χ0n) is 10.6. The monoisotopic (exact) mass is 257 g/mol. The second-order valence-corrected chi connectivity index (χ2v) is 4.28. The van der Waals surface area contributed by atoms with E-state index in [-0.39, 0.29) is 17.1 Å². The van der Waals surface area contributed by atoms with Crippen LogP contribution in [-0.2, 0) is 6.54 Å². The number of hydrogen-bond donors (Lipinski definition) is 3. The standard InChI is InChI=1S/C15H15NO3/c1-10-5-2-3-6-11(10)9-16-15(19)14-12(17)7-4-8-13(14)18/h2-8,17-18H,9H2,1H3,(H,16,19). The molecule has 2 rings (SSSR count). The van der Waals surface area contributed by atoms with Crippen LogP contribution < -0.4 is 5.32 Å². The summed E-state index contributed by atoms with van der Waals surface area (Å²) < 4.78 is 0. The molecule has 0 aromatic heterocycles. The summed E-state index contributed by atoms with van der Waals surface area (Å²) in [6, 6.07) is 11.9. The summed E-state index contributed by atoms with van der Waals surface area (Å²) in [7, 11) is 0. The van der Waals surface area contributed by atoms with Gasteiger partial charge in [-0.3, -0.25) is 4.79 Å². The SMILES string of the molecule is Cc1ccccc1CNC(=O)c1c(O)cccc1O. The minimum atomic E-state index is -0.501. The average Bonchev–Trinajstić information content (AvgIpc) is 2.37. The minimum absolute atomic E-state index is 0.101. The van der Waals surface area contributed by atoms with Crippen molar-refractivity contribution in [1.82, 2.24) is 5.32 Å². The first kappa shape index (κ1) is 13.0. The van der Waals surface area contributed by atoms with E-state index in [0.29, 0.717) is 6.54 Å². The summed E-state index contributed by atoms with van der Waals surface area (Å²) >= 11 is 0. The molecule has 0 radical (unpaired) electrons. The number of aryl methyl sites for hydroxylation is 1. The third-order valence-corrected chi connectivity index (χ3v) is 2.95. The Hall–Kier alpha value is -2.49. The molecule has 0 aliphatic heterocycles. The first-order valence-corrected chi connectivity index (χ1v) is 5.93. The molecule has 0 spiro atoms. The summed E-state index contributed by atoms with van der Waals surface area (Å²) in [5, 5.41) is 21.9. The van der Waals surface area contributed by atoms with Crippen LogP contribution in [0.2, 0.25) is 0 Å². The molecule has 0 unspecified atom stereocenters. The fourth-order valence-corrected chi connectivity index (χ4v) is 1.83. The van der Waals surface area contributed by atoms with Gasteiger partial charge in [0.25, 0.3) is 5.91 Å². The van der Waals surface area contributed by atoms with Crippen molar-refractivity contribution in [2.45, 2.75) is 13.5 Å². The summed E-state index contributed by atoms with van der Waals surface area (Å²) in [6.45, 7) is 2.30. The molecule has 0 saturated heterocycles. The van der Waals surface area contributed by atoms with E-state index in [9.17, 15) is 15.0 Å². The van der Waals surface area contributed by atoms with Gasteiger partial charge in [0.2, 0.25) is 0 Å². The van der Waals surface area contributed by atoms with Crippen LogP contribution in [0.5, 0.6) is 11.5 Å². The van der Waals surface area contributed by atoms with Gasteiger partial charge in [-0.1, -0.05) is 30.3 Å². The van der Waals surface area contributed by atoms with Crippen molar-refractivity contribution in [3.63, 3.8) is 0 Å². The smallest absolute Gasteiger partial charge is 0.259 e. The number of nitrogens with one attached hydrogen (secondary N) is 1. The molecule has 19 heavy (non-hydrogen) atoms. The third-order valence-electron chi connectivity index (χ3n) is 2.95. The summed E-state index contributed by atoms with van der Waals surface area (Å²) in [4.78, 5) is 11.9. The number of phenolic OH excluding ortho intramolecular Hbond substituents is 2. The van der Waals surface area contributed by atoms with Crippen LogP contribution in [0.4, 0.5) is 0 Å². The van der Waals surface area contributed by atoms with E-state index in [1.807, 2.05) is 31.2 Å². The number of benzene rings is 2. The number of carbonyl (C=O) groups is 1. The molecule has 0 saturated carbocycles. The number of carbonyl (C=O) groups excluding carboxylic acids is 1. The maximum atomic E-state index is 11.9. The van der Waals surface area contributed by atoms with Crippen LogP contribution >= 0.6 is 0 Å². The van der Waals surface area contributed by atoms with Crippen LogP contribution in [-0.4, -0.2) is 16.1 Å². The Bertz CT molecular complexity index is 588. The highest BCUT2D eigenvalue weighted by atomic mass is 16.3. The lowest BCUT2D eigenvalue weighted by molar-refractivity contribution is 0.0945. The summed E-state index contributed by atoms with van der Waals surface area (Å²) in [6.07, 6.45) is 0. The van der Waals surface area contributed by atoms with E-state index >= 15 is 0 Å². The Morgan fingerprint density at radius 3 is 2.32 bits per heavy atom. The van der Waals surface area contributed by atoms with Gasteiger partial charge in [0.1, 0.15) is 17.1 Å². The van der Waals surface area contributed by atoms with Gasteiger partial charge in [-0.05, 0) is 30.2 Å². The van der Waals surface area contributed by atoms with Crippen LogP contribution in [0.3, 0.4) is 0 Å². The first-order valence-electron chi connectivity index (χ1n) is 5.93. The largest absolute Gasteiger partial charge is 0.507 e. The molecule has 98 valence electrons. The highest BCUT2D eigenvalue weighted by Gasteiger charge is 2.15. The lowest BCUT2D eigenvalue weighted by Gasteiger charge is -2.10. The predicted molar refractivity (Wildman–Crippen MR) is 72.1 cm³/mol. The Labute approximate surface area is 111 Å². The van der Waals surface area contributed by atoms with Gasteiger partial charge < -0.3 is 15.5 Å². The van der Waals surface area contributed by atoms with Crippen molar-refractivity contribution in [1.29, 1.82) is 0 Å². The van der Waals surface area contributed by atoms with Crippen LogP contribution in [0.1, 0.15) is 21.5 Å². The Morgan fingerprint density at radius 1 is 1.05 bits per heavy atom. The van der Waals surface area contributed by atoms with E-state index in [0.717, 1.165) is 11.1 Å². The van der Waals surface area contributed by atoms with Crippen LogP contribution in [0, 0.1) is 6.92 Å². The molecule has 0 heterocycles. The minimum Gasteiger partial charge on any atom is -0.507 e. The van der Waals surface area contributed by atoms with Crippen molar-refractivity contribution in [3.05, 3.63) is 59.2 Å². The molecular weight excluding hydrogens is 242 g/mol. The maximum absolute atomic E-state index is 11.9. The van der Waals surface area contributed by atoms with Crippen molar-refractivity contribution in [2.75, 3.05) is 0 Å². The second kappa shape index (κ2) is 5.44. The number of aromatic hydroxyl groups is 2. The number of amides is 1. The van der Waals surface area contributed by atoms with Crippen LogP contribution in [0.25, 0.3) is 0 Å². The van der Waals surface area contributed by atoms with E-state index in [1.54, 1.807) is 0 Å². The van der Waals surface area contributed by atoms with Gasteiger partial charge in [0.15, 0.2) is 0 Å². The quantitative estimate of drug-likeness (QED) is 0.790. The van der Waals surface area contributed by atoms with Gasteiger partial charge in [0, 0.05) is 6.54 Å². The van der Waals surface area contributed by atoms with Crippen LogP contribution in [0.15, 0.2) is 42.5 Å². The lowest BCUT2D eigenvalue weighted by Crippen LogP contribution is -2.23. The molecule has 0 aliphatic carbocycles. The van der Waals surface area contributed by atoms with Gasteiger partial charge >= 0.3 is 0 Å². The highest BCUT2D eigenvalue weighted by Crippen LogP contribution is 2.25. The molecule has 1 amide bonds. The molecule has 0 atom stereocenters. The van der Waals surface area contributed by atoms with Gasteiger partial charge in [0.05, 0.1) is 0 Å². The molecule has 0 fully saturated rings. The van der Waals surface area contributed by atoms with Crippen molar-refractivity contribution >= 4 is 5.91 Å². The summed E-state index contributed by atoms with van der Waals surface area (Å²) in [5.41, 5.74) is 1.96. The normalized spacial score (nSPS) is 10.2. The molecule has 3 N–H and O–H groups in total. The number of phenols is 2. The Balaban J connectivity index is 2.13. The van der Waals surface area contributed by atoms with Crippen molar-refractivity contribution in [2.24, 2.45) is 0 Å². The van der Waals surface area contributed by atoms with E-state index in [4.69, 9.17) is 0 Å². The van der Waals surface area contributed by atoms with Crippen molar-refractivity contribution in [3.8, 4) is 11.5 Å². The summed E-state index contributed by atoms with van der Waals surface area (Å²) in [5.74, 6) is -0.969. The first-order chi connectivity index (χ1) is 9.09. The topological polar surface area (TPSA) is 69.6 Å². The Morgan fingerprint density at radius 2 is 1.68 bits per heavy atom. The van der Waals surface area contributed by atoms with E-state index in [2.05, 4.69) is 5.32 Å². The molecule has 2 aromatic rings. The van der Waals surface area contributed by atoms with Gasteiger partial charge in [-0.2, -0.15) is 0 Å². The zero-order chi connectivity index (χ0) is 13.8. The molecular formula is C15H15NO3. The highest BCUT2D eigenvalue weighted by molar-refractivity contribution is 5.99. The molecule has 4 heteroatoms. The molecule has 2 aromatic carbocycles. The predicted octanol–water partition coefficient (Wildman–Crippen LogP) is 2.34. The second-order valence-electron chi connectivity index (χ2n) is 4.28. The van der Waals surface area contributed by atoms with Crippen molar-refractivity contribution < 1.29 is 15.0 Å².